The quantitative estimate of drug-likeness (QED) is 0.759. The van der Waals surface area contributed by atoms with Gasteiger partial charge in [-0.3, -0.25) is 9.59 Å². The van der Waals surface area contributed by atoms with Crippen molar-refractivity contribution in [2.24, 2.45) is 11.8 Å². The third kappa shape index (κ3) is 6.29. The van der Waals surface area contributed by atoms with Gasteiger partial charge in [0, 0.05) is 30.8 Å². The standard InChI is InChI=1S/C20H31N3O2.ClH/c1-4-23(5-2)20(25)16-8-6-10-18(13-16)22-19(24)12-15(3)17-9-7-11-21-14-17;/h6,8,10,13,15,17,21H,4-5,7,9,11-12,14H2,1-3H3,(H,22,24);1H. The number of carbonyl (C=O) groups is 2. The molecular weight excluding hydrogens is 350 g/mol. The lowest BCUT2D eigenvalue weighted by Crippen LogP contribution is -2.34. The van der Waals surface area contributed by atoms with Gasteiger partial charge in [-0.15, -0.1) is 12.4 Å². The number of amides is 2. The summed E-state index contributed by atoms with van der Waals surface area (Å²) in [6.45, 7) is 9.53. The molecule has 146 valence electrons. The minimum atomic E-state index is 0. The van der Waals surface area contributed by atoms with Crippen molar-refractivity contribution in [3.8, 4) is 0 Å². The molecule has 2 amide bonds. The van der Waals surface area contributed by atoms with Crippen molar-refractivity contribution >= 4 is 29.9 Å². The predicted molar refractivity (Wildman–Crippen MR) is 109 cm³/mol. The van der Waals surface area contributed by atoms with Gasteiger partial charge < -0.3 is 15.5 Å². The minimum absolute atomic E-state index is 0. The van der Waals surface area contributed by atoms with Crippen LogP contribution in [0, 0.1) is 11.8 Å². The Labute approximate surface area is 163 Å². The van der Waals surface area contributed by atoms with Crippen molar-refractivity contribution in [2.45, 2.75) is 40.0 Å². The number of hydrogen-bond acceptors (Lipinski definition) is 3. The molecule has 1 aliphatic heterocycles. The van der Waals surface area contributed by atoms with Crippen LogP contribution in [0.15, 0.2) is 24.3 Å². The molecule has 0 aromatic heterocycles. The lowest BCUT2D eigenvalue weighted by atomic mass is 9.85. The molecule has 26 heavy (non-hydrogen) atoms. The lowest BCUT2D eigenvalue weighted by molar-refractivity contribution is -0.117. The second-order valence-electron chi connectivity index (χ2n) is 6.89. The maximum atomic E-state index is 12.4. The Bertz CT molecular complexity index is 584. The summed E-state index contributed by atoms with van der Waals surface area (Å²) in [4.78, 5) is 26.6. The van der Waals surface area contributed by atoms with E-state index in [1.165, 1.54) is 12.8 Å². The lowest BCUT2D eigenvalue weighted by Gasteiger charge is -2.28. The fourth-order valence-electron chi connectivity index (χ4n) is 3.46. The van der Waals surface area contributed by atoms with Crippen LogP contribution in [-0.2, 0) is 4.79 Å². The van der Waals surface area contributed by atoms with Gasteiger partial charge in [0.15, 0.2) is 0 Å². The van der Waals surface area contributed by atoms with Crippen LogP contribution in [0.2, 0.25) is 0 Å². The number of hydrogen-bond donors (Lipinski definition) is 2. The van der Waals surface area contributed by atoms with Gasteiger partial charge in [0.25, 0.3) is 5.91 Å². The van der Waals surface area contributed by atoms with E-state index in [4.69, 9.17) is 0 Å². The molecule has 2 unspecified atom stereocenters. The second-order valence-corrected chi connectivity index (χ2v) is 6.89. The molecule has 0 spiro atoms. The fourth-order valence-corrected chi connectivity index (χ4v) is 3.46. The first-order valence-electron chi connectivity index (χ1n) is 9.45. The number of carbonyl (C=O) groups excluding carboxylic acids is 2. The third-order valence-corrected chi connectivity index (χ3v) is 5.09. The Kier molecular flexibility index (Phi) is 9.66. The highest BCUT2D eigenvalue weighted by atomic mass is 35.5. The van der Waals surface area contributed by atoms with Crippen molar-refractivity contribution in [2.75, 3.05) is 31.5 Å². The number of benzene rings is 1. The zero-order valence-electron chi connectivity index (χ0n) is 16.1. The minimum Gasteiger partial charge on any atom is -0.339 e. The molecule has 1 aromatic carbocycles. The van der Waals surface area contributed by atoms with Gasteiger partial charge in [-0.05, 0) is 69.8 Å². The molecule has 0 bridgehead atoms. The zero-order chi connectivity index (χ0) is 18.2. The summed E-state index contributed by atoms with van der Waals surface area (Å²) in [5.74, 6) is 0.941. The molecule has 1 heterocycles. The van der Waals surface area contributed by atoms with Crippen LogP contribution in [0.25, 0.3) is 0 Å². The zero-order valence-corrected chi connectivity index (χ0v) is 16.9. The highest BCUT2D eigenvalue weighted by Gasteiger charge is 2.22. The Balaban J connectivity index is 0.00000338. The predicted octanol–water partition coefficient (Wildman–Crippen LogP) is 3.55. The first-order chi connectivity index (χ1) is 12.0. The van der Waals surface area contributed by atoms with Crippen LogP contribution >= 0.6 is 12.4 Å². The van der Waals surface area contributed by atoms with Crippen LogP contribution in [0.3, 0.4) is 0 Å². The summed E-state index contributed by atoms with van der Waals surface area (Å²) in [7, 11) is 0. The molecule has 6 heteroatoms. The Morgan fingerprint density at radius 3 is 2.65 bits per heavy atom. The van der Waals surface area contributed by atoms with E-state index in [0.29, 0.717) is 42.6 Å². The smallest absolute Gasteiger partial charge is 0.253 e. The van der Waals surface area contributed by atoms with E-state index >= 15 is 0 Å². The van der Waals surface area contributed by atoms with Crippen molar-refractivity contribution in [3.63, 3.8) is 0 Å². The molecule has 1 fully saturated rings. The van der Waals surface area contributed by atoms with E-state index in [9.17, 15) is 9.59 Å². The average molecular weight is 382 g/mol. The van der Waals surface area contributed by atoms with E-state index in [1.807, 2.05) is 26.0 Å². The van der Waals surface area contributed by atoms with Gasteiger partial charge in [-0.1, -0.05) is 13.0 Å². The van der Waals surface area contributed by atoms with Crippen LogP contribution in [0.5, 0.6) is 0 Å². The molecule has 2 rings (SSSR count). The second kappa shape index (κ2) is 11.2. The van der Waals surface area contributed by atoms with Crippen LogP contribution in [-0.4, -0.2) is 42.9 Å². The maximum Gasteiger partial charge on any atom is 0.253 e. The summed E-state index contributed by atoms with van der Waals surface area (Å²) in [5, 5.41) is 6.36. The largest absolute Gasteiger partial charge is 0.339 e. The SMILES string of the molecule is CCN(CC)C(=O)c1cccc(NC(=O)CC(C)C2CCCNC2)c1.Cl. The Hall–Kier alpha value is -1.59. The molecular formula is C20H32ClN3O2. The molecule has 0 aliphatic carbocycles. The fraction of sp³-hybridized carbons (Fsp3) is 0.600. The topological polar surface area (TPSA) is 61.4 Å². The van der Waals surface area contributed by atoms with Crippen molar-refractivity contribution in [1.29, 1.82) is 0 Å². The number of anilines is 1. The van der Waals surface area contributed by atoms with E-state index in [2.05, 4.69) is 17.6 Å². The van der Waals surface area contributed by atoms with Gasteiger partial charge in [0.1, 0.15) is 0 Å². The molecule has 5 nitrogen and oxygen atoms in total. The number of piperidine rings is 1. The normalized spacial score (nSPS) is 17.7. The summed E-state index contributed by atoms with van der Waals surface area (Å²) in [6, 6.07) is 7.22. The number of nitrogens with zero attached hydrogens (tertiary/aromatic N) is 1. The number of rotatable bonds is 7. The first-order valence-corrected chi connectivity index (χ1v) is 9.45. The molecule has 0 radical (unpaired) electrons. The highest BCUT2D eigenvalue weighted by molar-refractivity contribution is 5.97. The van der Waals surface area contributed by atoms with Crippen LogP contribution in [0.4, 0.5) is 5.69 Å². The monoisotopic (exact) mass is 381 g/mol. The van der Waals surface area contributed by atoms with Crippen molar-refractivity contribution in [3.05, 3.63) is 29.8 Å². The highest BCUT2D eigenvalue weighted by Crippen LogP contribution is 2.23. The third-order valence-electron chi connectivity index (χ3n) is 5.09. The van der Waals surface area contributed by atoms with Gasteiger partial charge in [0.2, 0.25) is 5.91 Å². The van der Waals surface area contributed by atoms with E-state index in [-0.39, 0.29) is 24.2 Å². The maximum absolute atomic E-state index is 12.4. The molecule has 1 saturated heterocycles. The molecule has 2 atom stereocenters. The van der Waals surface area contributed by atoms with E-state index in [0.717, 1.165) is 13.1 Å². The summed E-state index contributed by atoms with van der Waals surface area (Å²) in [5.41, 5.74) is 1.31. The summed E-state index contributed by atoms with van der Waals surface area (Å²) in [6.07, 6.45) is 2.89. The van der Waals surface area contributed by atoms with Gasteiger partial charge in [0.05, 0.1) is 0 Å². The number of halogens is 1. The molecule has 2 N–H and O–H groups in total. The number of nitrogens with one attached hydrogen (secondary N) is 2. The Morgan fingerprint density at radius 1 is 1.31 bits per heavy atom. The van der Waals surface area contributed by atoms with E-state index < -0.39 is 0 Å². The average Bonchev–Trinajstić information content (AvgIpc) is 2.63. The van der Waals surface area contributed by atoms with Gasteiger partial charge in [-0.25, -0.2) is 0 Å². The first kappa shape index (κ1) is 22.5. The van der Waals surface area contributed by atoms with Crippen molar-refractivity contribution in [1.82, 2.24) is 10.2 Å². The van der Waals surface area contributed by atoms with E-state index in [1.54, 1.807) is 17.0 Å². The van der Waals surface area contributed by atoms with Gasteiger partial charge in [-0.2, -0.15) is 0 Å². The van der Waals surface area contributed by atoms with Crippen LogP contribution in [0.1, 0.15) is 50.4 Å². The van der Waals surface area contributed by atoms with Crippen molar-refractivity contribution < 1.29 is 9.59 Å². The van der Waals surface area contributed by atoms with Gasteiger partial charge >= 0.3 is 0 Å². The van der Waals surface area contributed by atoms with Crippen LogP contribution < -0.4 is 10.6 Å². The Morgan fingerprint density at radius 2 is 2.04 bits per heavy atom. The molecule has 0 saturated carbocycles. The molecule has 1 aliphatic rings. The summed E-state index contributed by atoms with van der Waals surface area (Å²) < 4.78 is 0. The summed E-state index contributed by atoms with van der Waals surface area (Å²) >= 11 is 0. The molecule has 1 aromatic rings.